The number of aromatic nitrogens is 1. The van der Waals surface area contributed by atoms with Gasteiger partial charge in [0.1, 0.15) is 0 Å². The van der Waals surface area contributed by atoms with E-state index < -0.39 is 5.76 Å². The van der Waals surface area contributed by atoms with Gasteiger partial charge < -0.3 is 9.73 Å². The van der Waals surface area contributed by atoms with Gasteiger partial charge in [-0.25, -0.2) is 4.79 Å². The fourth-order valence-electron chi connectivity index (χ4n) is 2.45. The molecule has 1 amide bonds. The molecule has 0 fully saturated rings. The molecular weight excluding hydrogens is 292 g/mol. The fourth-order valence-corrected chi connectivity index (χ4v) is 2.45. The Hall–Kier alpha value is -2.82. The van der Waals surface area contributed by atoms with Crippen molar-refractivity contribution in [3.8, 4) is 0 Å². The second kappa shape index (κ2) is 6.52. The summed E-state index contributed by atoms with van der Waals surface area (Å²) in [6.07, 6.45) is 2.12. The lowest BCUT2D eigenvalue weighted by atomic mass is 10.1. The van der Waals surface area contributed by atoms with Crippen molar-refractivity contribution in [3.05, 3.63) is 64.1 Å². The van der Waals surface area contributed by atoms with Gasteiger partial charge in [-0.1, -0.05) is 31.2 Å². The Kier molecular flexibility index (Phi) is 4.28. The summed E-state index contributed by atoms with van der Waals surface area (Å²) in [6.45, 7) is 2.12. The van der Waals surface area contributed by atoms with Crippen molar-refractivity contribution >= 4 is 22.7 Å². The van der Waals surface area contributed by atoms with E-state index >= 15 is 0 Å². The number of benzene rings is 2. The third-order valence-electron chi connectivity index (χ3n) is 3.77. The summed E-state index contributed by atoms with van der Waals surface area (Å²) >= 11 is 0. The molecule has 0 radical (unpaired) electrons. The van der Waals surface area contributed by atoms with Crippen LogP contribution in [0, 0.1) is 0 Å². The number of nitrogens with one attached hydrogen (secondary N) is 2. The summed E-state index contributed by atoms with van der Waals surface area (Å²) in [5.74, 6) is -0.561. The lowest BCUT2D eigenvalue weighted by molar-refractivity contribution is -0.116. The van der Waals surface area contributed by atoms with E-state index in [-0.39, 0.29) is 5.91 Å². The van der Waals surface area contributed by atoms with Gasteiger partial charge in [-0.2, -0.15) is 0 Å². The second-order valence-corrected chi connectivity index (χ2v) is 5.44. The SMILES string of the molecule is CCc1ccc(CCC(=O)Nc2ccc3oc(=O)[nH]c3c2)cc1. The maximum absolute atomic E-state index is 12.0. The van der Waals surface area contributed by atoms with E-state index in [4.69, 9.17) is 4.42 Å². The maximum Gasteiger partial charge on any atom is 0.417 e. The minimum atomic E-state index is -0.501. The molecule has 3 rings (SSSR count). The number of aryl methyl sites for hydroxylation is 2. The van der Waals surface area contributed by atoms with Gasteiger partial charge in [0, 0.05) is 12.1 Å². The summed E-state index contributed by atoms with van der Waals surface area (Å²) in [5, 5.41) is 2.83. The van der Waals surface area contributed by atoms with Crippen LogP contribution in [-0.4, -0.2) is 10.9 Å². The minimum Gasteiger partial charge on any atom is -0.408 e. The summed E-state index contributed by atoms with van der Waals surface area (Å²) in [6, 6.07) is 13.4. The van der Waals surface area contributed by atoms with Crippen molar-refractivity contribution < 1.29 is 9.21 Å². The topological polar surface area (TPSA) is 75.1 Å². The maximum atomic E-state index is 12.0. The monoisotopic (exact) mass is 310 g/mol. The molecule has 118 valence electrons. The Morgan fingerprint density at radius 2 is 1.87 bits per heavy atom. The number of hydrogen-bond acceptors (Lipinski definition) is 3. The third kappa shape index (κ3) is 3.69. The van der Waals surface area contributed by atoms with Gasteiger partial charge in [0.25, 0.3) is 0 Å². The first-order valence-corrected chi connectivity index (χ1v) is 7.64. The molecule has 3 aromatic rings. The van der Waals surface area contributed by atoms with E-state index in [2.05, 4.69) is 41.5 Å². The molecule has 23 heavy (non-hydrogen) atoms. The lowest BCUT2D eigenvalue weighted by Crippen LogP contribution is -2.12. The van der Waals surface area contributed by atoms with Crippen molar-refractivity contribution in [2.24, 2.45) is 0 Å². The third-order valence-corrected chi connectivity index (χ3v) is 3.77. The first kappa shape index (κ1) is 15.1. The van der Waals surface area contributed by atoms with E-state index in [1.54, 1.807) is 18.2 Å². The molecule has 5 heteroatoms. The number of carbonyl (C=O) groups excluding carboxylic acids is 1. The number of aromatic amines is 1. The van der Waals surface area contributed by atoms with Crippen molar-refractivity contribution in [1.29, 1.82) is 0 Å². The number of rotatable bonds is 5. The molecule has 0 aliphatic carbocycles. The van der Waals surface area contributed by atoms with Crippen LogP contribution in [0.4, 0.5) is 5.69 Å². The van der Waals surface area contributed by atoms with E-state index in [0.29, 0.717) is 29.6 Å². The highest BCUT2D eigenvalue weighted by molar-refractivity contribution is 5.92. The van der Waals surface area contributed by atoms with Gasteiger partial charge in [0.05, 0.1) is 5.52 Å². The van der Waals surface area contributed by atoms with Crippen LogP contribution in [0.5, 0.6) is 0 Å². The standard InChI is InChI=1S/C18H18N2O3/c1-2-12-3-5-13(6-4-12)7-10-17(21)19-14-8-9-16-15(11-14)20-18(22)23-16/h3-6,8-9,11H,2,7,10H2,1H3,(H,19,21)(H,20,22). The van der Waals surface area contributed by atoms with E-state index in [9.17, 15) is 9.59 Å². The van der Waals surface area contributed by atoms with Crippen LogP contribution in [0.3, 0.4) is 0 Å². The first-order chi connectivity index (χ1) is 11.1. The number of hydrogen-bond donors (Lipinski definition) is 2. The molecule has 0 atom stereocenters. The summed E-state index contributed by atoms with van der Waals surface area (Å²) in [5.41, 5.74) is 4.13. The van der Waals surface area contributed by atoms with Gasteiger partial charge in [-0.3, -0.25) is 9.78 Å². The quantitative estimate of drug-likeness (QED) is 0.759. The van der Waals surface area contributed by atoms with Crippen LogP contribution in [-0.2, 0) is 17.6 Å². The Morgan fingerprint density at radius 1 is 1.13 bits per heavy atom. The van der Waals surface area contributed by atoms with Crippen LogP contribution in [0.2, 0.25) is 0 Å². The molecule has 2 N–H and O–H groups in total. The van der Waals surface area contributed by atoms with Gasteiger partial charge in [0.15, 0.2) is 5.58 Å². The number of fused-ring (bicyclic) bond motifs is 1. The smallest absolute Gasteiger partial charge is 0.408 e. The van der Waals surface area contributed by atoms with Crippen LogP contribution in [0.15, 0.2) is 51.7 Å². The number of carbonyl (C=O) groups is 1. The highest BCUT2D eigenvalue weighted by Crippen LogP contribution is 2.16. The molecule has 5 nitrogen and oxygen atoms in total. The van der Waals surface area contributed by atoms with Crippen LogP contribution < -0.4 is 11.1 Å². The molecule has 0 aliphatic rings. The molecule has 0 bridgehead atoms. The van der Waals surface area contributed by atoms with Gasteiger partial charge >= 0.3 is 5.76 Å². The van der Waals surface area contributed by atoms with Gasteiger partial charge in [0.2, 0.25) is 5.91 Å². The highest BCUT2D eigenvalue weighted by atomic mass is 16.4. The molecular formula is C18H18N2O3. The van der Waals surface area contributed by atoms with Gasteiger partial charge in [-0.05, 0) is 42.2 Å². The zero-order valence-electron chi connectivity index (χ0n) is 12.9. The number of oxazole rings is 1. The molecule has 0 saturated carbocycles. The molecule has 1 aromatic heterocycles. The first-order valence-electron chi connectivity index (χ1n) is 7.64. The lowest BCUT2D eigenvalue weighted by Gasteiger charge is -2.06. The summed E-state index contributed by atoms with van der Waals surface area (Å²) < 4.78 is 4.93. The molecule has 0 unspecified atom stereocenters. The zero-order valence-corrected chi connectivity index (χ0v) is 12.9. The number of amides is 1. The second-order valence-electron chi connectivity index (χ2n) is 5.44. The van der Waals surface area contributed by atoms with Crippen LogP contribution in [0.25, 0.3) is 11.1 Å². The molecule has 0 spiro atoms. The molecule has 1 heterocycles. The van der Waals surface area contributed by atoms with E-state index in [1.165, 1.54) is 5.56 Å². The van der Waals surface area contributed by atoms with Crippen molar-refractivity contribution in [2.75, 3.05) is 5.32 Å². The zero-order chi connectivity index (χ0) is 16.2. The normalized spacial score (nSPS) is 10.8. The molecule has 0 saturated heterocycles. The predicted molar refractivity (Wildman–Crippen MR) is 89.6 cm³/mol. The Balaban J connectivity index is 1.60. The predicted octanol–water partition coefficient (Wildman–Crippen LogP) is 3.25. The van der Waals surface area contributed by atoms with Crippen molar-refractivity contribution in [1.82, 2.24) is 4.98 Å². The van der Waals surface area contributed by atoms with Crippen molar-refractivity contribution in [3.63, 3.8) is 0 Å². The van der Waals surface area contributed by atoms with Crippen LogP contribution >= 0.6 is 0 Å². The molecule has 0 aliphatic heterocycles. The average molecular weight is 310 g/mol. The number of anilines is 1. The highest BCUT2D eigenvalue weighted by Gasteiger charge is 2.06. The van der Waals surface area contributed by atoms with Crippen molar-refractivity contribution in [2.45, 2.75) is 26.2 Å². The Morgan fingerprint density at radius 3 is 2.61 bits per heavy atom. The fraction of sp³-hybridized carbons (Fsp3) is 0.222. The largest absolute Gasteiger partial charge is 0.417 e. The minimum absolute atomic E-state index is 0.0604. The molecule has 2 aromatic carbocycles. The summed E-state index contributed by atoms with van der Waals surface area (Å²) in [4.78, 5) is 25.7. The van der Waals surface area contributed by atoms with E-state index in [0.717, 1.165) is 12.0 Å². The average Bonchev–Trinajstić information content (AvgIpc) is 2.92. The van der Waals surface area contributed by atoms with Gasteiger partial charge in [-0.15, -0.1) is 0 Å². The summed E-state index contributed by atoms with van der Waals surface area (Å²) in [7, 11) is 0. The van der Waals surface area contributed by atoms with E-state index in [1.807, 2.05) is 0 Å². The van der Waals surface area contributed by atoms with Crippen LogP contribution in [0.1, 0.15) is 24.5 Å². The Labute approximate surface area is 133 Å². The Bertz CT molecular complexity index is 875. The number of H-pyrrole nitrogens is 1.